The summed E-state index contributed by atoms with van der Waals surface area (Å²) in [6.07, 6.45) is 4.13. The third-order valence-electron chi connectivity index (χ3n) is 3.41. The molecule has 1 unspecified atom stereocenters. The molecular formula is C16H15NO2. The van der Waals surface area contributed by atoms with Crippen molar-refractivity contribution in [3.8, 4) is 5.75 Å². The Bertz CT molecular complexity index is 622. The fourth-order valence-electron chi connectivity index (χ4n) is 2.42. The quantitative estimate of drug-likeness (QED) is 0.772. The van der Waals surface area contributed by atoms with Gasteiger partial charge in [0.25, 0.3) is 0 Å². The van der Waals surface area contributed by atoms with Gasteiger partial charge in [-0.2, -0.15) is 0 Å². The minimum absolute atomic E-state index is 0.113. The van der Waals surface area contributed by atoms with E-state index in [1.54, 1.807) is 12.4 Å². The largest absolute Gasteiger partial charge is 0.493 e. The molecule has 0 spiro atoms. The molecule has 1 aromatic heterocycles. The lowest BCUT2D eigenvalue weighted by Gasteiger charge is -2.24. The van der Waals surface area contributed by atoms with Crippen molar-refractivity contribution < 1.29 is 9.53 Å². The van der Waals surface area contributed by atoms with Gasteiger partial charge < -0.3 is 4.74 Å². The number of benzene rings is 1. The maximum Gasteiger partial charge on any atom is 0.171 e. The minimum Gasteiger partial charge on any atom is -0.493 e. The van der Waals surface area contributed by atoms with Crippen molar-refractivity contribution in [2.45, 2.75) is 13.3 Å². The smallest absolute Gasteiger partial charge is 0.171 e. The normalized spacial score (nSPS) is 17.4. The Morgan fingerprint density at radius 3 is 3.00 bits per heavy atom. The van der Waals surface area contributed by atoms with Crippen molar-refractivity contribution in [1.29, 1.82) is 0 Å². The summed E-state index contributed by atoms with van der Waals surface area (Å²) in [6.45, 7) is 2.39. The zero-order valence-corrected chi connectivity index (χ0v) is 10.8. The number of hydrogen-bond donors (Lipinski definition) is 0. The summed E-state index contributed by atoms with van der Waals surface area (Å²) >= 11 is 0. The molecule has 96 valence electrons. The highest BCUT2D eigenvalue weighted by Crippen LogP contribution is 2.28. The van der Waals surface area contributed by atoms with Gasteiger partial charge in [-0.3, -0.25) is 9.78 Å². The molecule has 1 aliphatic heterocycles. The van der Waals surface area contributed by atoms with Crippen molar-refractivity contribution in [3.63, 3.8) is 0 Å². The standard InChI is InChI=1S/C16H15NO2/c1-11-6-13(9-17-8-11)16(18)14-7-12-4-2-3-5-15(12)19-10-14/h2-6,8-9,14H,7,10H2,1H3. The van der Waals surface area contributed by atoms with E-state index in [-0.39, 0.29) is 11.7 Å². The van der Waals surface area contributed by atoms with E-state index < -0.39 is 0 Å². The van der Waals surface area contributed by atoms with Gasteiger partial charge in [0.05, 0.1) is 12.5 Å². The Morgan fingerprint density at radius 2 is 2.16 bits per heavy atom. The Morgan fingerprint density at radius 1 is 1.32 bits per heavy atom. The molecule has 1 aromatic carbocycles. The number of hydrogen-bond acceptors (Lipinski definition) is 3. The summed E-state index contributed by atoms with van der Waals surface area (Å²) in [5, 5.41) is 0. The second kappa shape index (κ2) is 4.84. The van der Waals surface area contributed by atoms with Gasteiger partial charge in [0.2, 0.25) is 0 Å². The van der Waals surface area contributed by atoms with E-state index in [4.69, 9.17) is 4.74 Å². The molecule has 0 saturated heterocycles. The lowest BCUT2D eigenvalue weighted by molar-refractivity contribution is 0.0854. The Balaban J connectivity index is 1.83. The number of carbonyl (C=O) groups excluding carboxylic acids is 1. The summed E-state index contributed by atoms with van der Waals surface area (Å²) in [5.41, 5.74) is 2.78. The van der Waals surface area contributed by atoms with Crippen LogP contribution in [-0.2, 0) is 6.42 Å². The molecule has 0 radical (unpaired) electrons. The second-order valence-electron chi connectivity index (χ2n) is 4.93. The van der Waals surface area contributed by atoms with Crippen LogP contribution in [-0.4, -0.2) is 17.4 Å². The summed E-state index contributed by atoms with van der Waals surface area (Å²) in [4.78, 5) is 16.5. The highest BCUT2D eigenvalue weighted by atomic mass is 16.5. The van der Waals surface area contributed by atoms with Crippen molar-refractivity contribution in [3.05, 3.63) is 59.4 Å². The fraction of sp³-hybridized carbons (Fsp3) is 0.250. The van der Waals surface area contributed by atoms with Crippen LogP contribution in [0.3, 0.4) is 0 Å². The van der Waals surface area contributed by atoms with Crippen LogP contribution in [0.2, 0.25) is 0 Å². The molecule has 3 nitrogen and oxygen atoms in total. The molecule has 3 heteroatoms. The maximum atomic E-state index is 12.4. The number of ketones is 1. The molecule has 0 saturated carbocycles. The average molecular weight is 253 g/mol. The van der Waals surface area contributed by atoms with Gasteiger partial charge in [0.1, 0.15) is 5.75 Å². The SMILES string of the molecule is Cc1cncc(C(=O)C2COc3ccccc3C2)c1. The van der Waals surface area contributed by atoms with Crippen LogP contribution >= 0.6 is 0 Å². The van der Waals surface area contributed by atoms with Crippen molar-refractivity contribution >= 4 is 5.78 Å². The first-order chi connectivity index (χ1) is 9.24. The van der Waals surface area contributed by atoms with Crippen LogP contribution in [0.5, 0.6) is 5.75 Å². The van der Waals surface area contributed by atoms with E-state index in [0.717, 1.165) is 23.3 Å². The zero-order chi connectivity index (χ0) is 13.2. The third kappa shape index (κ3) is 2.36. The highest BCUT2D eigenvalue weighted by Gasteiger charge is 2.26. The second-order valence-corrected chi connectivity index (χ2v) is 4.93. The molecule has 0 N–H and O–H groups in total. The first kappa shape index (κ1) is 11.9. The van der Waals surface area contributed by atoms with E-state index in [9.17, 15) is 4.79 Å². The number of aryl methyl sites for hydroxylation is 1. The molecule has 1 aliphatic rings. The highest BCUT2D eigenvalue weighted by molar-refractivity contribution is 5.98. The molecule has 0 amide bonds. The fourth-order valence-corrected chi connectivity index (χ4v) is 2.42. The zero-order valence-electron chi connectivity index (χ0n) is 10.8. The number of rotatable bonds is 2. The van der Waals surface area contributed by atoms with E-state index in [0.29, 0.717) is 12.2 Å². The number of ether oxygens (including phenoxy) is 1. The van der Waals surface area contributed by atoms with Gasteiger partial charge in [-0.1, -0.05) is 18.2 Å². The van der Waals surface area contributed by atoms with Gasteiger partial charge in [0.15, 0.2) is 5.78 Å². The van der Waals surface area contributed by atoms with E-state index in [1.165, 1.54) is 0 Å². The first-order valence-corrected chi connectivity index (χ1v) is 6.40. The summed E-state index contributed by atoms with van der Waals surface area (Å²) in [5.74, 6) is 0.901. The van der Waals surface area contributed by atoms with Gasteiger partial charge in [-0.25, -0.2) is 0 Å². The number of carbonyl (C=O) groups is 1. The van der Waals surface area contributed by atoms with Crippen LogP contribution in [0.1, 0.15) is 21.5 Å². The van der Waals surface area contributed by atoms with Crippen LogP contribution in [0, 0.1) is 12.8 Å². The van der Waals surface area contributed by atoms with Crippen molar-refractivity contribution in [2.24, 2.45) is 5.92 Å². The molecule has 2 heterocycles. The Kier molecular flexibility index (Phi) is 3.03. The van der Waals surface area contributed by atoms with Gasteiger partial charge in [-0.15, -0.1) is 0 Å². The van der Waals surface area contributed by atoms with E-state index in [2.05, 4.69) is 4.98 Å². The molecule has 0 fully saturated rings. The molecule has 1 atom stereocenters. The minimum atomic E-state index is -0.113. The van der Waals surface area contributed by atoms with Gasteiger partial charge in [-0.05, 0) is 36.6 Å². The summed E-state index contributed by atoms with van der Waals surface area (Å²) in [7, 11) is 0. The monoisotopic (exact) mass is 253 g/mol. The number of para-hydroxylation sites is 1. The maximum absolute atomic E-state index is 12.4. The molecule has 2 aromatic rings. The predicted molar refractivity (Wildman–Crippen MR) is 72.4 cm³/mol. The molecular weight excluding hydrogens is 238 g/mol. The number of nitrogens with zero attached hydrogens (tertiary/aromatic N) is 1. The number of Topliss-reactive ketones (excluding diaryl/α,β-unsaturated/α-hetero) is 1. The predicted octanol–water partition coefficient (Wildman–Crippen LogP) is 2.82. The van der Waals surface area contributed by atoms with Crippen LogP contribution in [0.4, 0.5) is 0 Å². The van der Waals surface area contributed by atoms with Crippen LogP contribution in [0.25, 0.3) is 0 Å². The average Bonchev–Trinajstić information content (AvgIpc) is 2.46. The topological polar surface area (TPSA) is 39.2 Å². The van der Waals surface area contributed by atoms with Crippen LogP contribution in [0.15, 0.2) is 42.7 Å². The van der Waals surface area contributed by atoms with Gasteiger partial charge >= 0.3 is 0 Å². The lowest BCUT2D eigenvalue weighted by atomic mass is 9.90. The molecule has 3 rings (SSSR count). The molecule has 19 heavy (non-hydrogen) atoms. The Hall–Kier alpha value is -2.16. The van der Waals surface area contributed by atoms with E-state index in [1.807, 2.05) is 37.3 Å². The first-order valence-electron chi connectivity index (χ1n) is 6.40. The molecule has 0 aliphatic carbocycles. The van der Waals surface area contributed by atoms with E-state index >= 15 is 0 Å². The van der Waals surface area contributed by atoms with Crippen molar-refractivity contribution in [2.75, 3.05) is 6.61 Å². The third-order valence-corrected chi connectivity index (χ3v) is 3.41. The van der Waals surface area contributed by atoms with Gasteiger partial charge in [0, 0.05) is 18.0 Å². The lowest BCUT2D eigenvalue weighted by Crippen LogP contribution is -2.28. The number of pyridine rings is 1. The molecule has 0 bridgehead atoms. The Labute approximate surface area is 112 Å². The number of aromatic nitrogens is 1. The summed E-state index contributed by atoms with van der Waals surface area (Å²) < 4.78 is 5.67. The summed E-state index contributed by atoms with van der Waals surface area (Å²) in [6, 6.07) is 9.78. The number of fused-ring (bicyclic) bond motifs is 1. The van der Waals surface area contributed by atoms with Crippen molar-refractivity contribution in [1.82, 2.24) is 4.98 Å². The van der Waals surface area contributed by atoms with Crippen LogP contribution < -0.4 is 4.74 Å².